The number of benzene rings is 1. The lowest BCUT2D eigenvalue weighted by Gasteiger charge is -2.08. The van der Waals surface area contributed by atoms with Gasteiger partial charge < -0.3 is 10.4 Å². The number of hydrogen-bond donors (Lipinski definition) is 2. The van der Waals surface area contributed by atoms with Gasteiger partial charge in [-0.15, -0.1) is 11.3 Å². The van der Waals surface area contributed by atoms with Crippen molar-refractivity contribution in [3.8, 4) is 10.6 Å². The van der Waals surface area contributed by atoms with E-state index in [1.807, 2.05) is 0 Å². The van der Waals surface area contributed by atoms with Crippen LogP contribution in [0.4, 0.5) is 13.2 Å². The van der Waals surface area contributed by atoms with Crippen molar-refractivity contribution in [2.24, 2.45) is 0 Å². The number of carbonyl (C=O) groups excluding carboxylic acids is 1. The second-order valence-electron chi connectivity index (χ2n) is 4.94. The van der Waals surface area contributed by atoms with Gasteiger partial charge in [-0.3, -0.25) is 4.79 Å². The van der Waals surface area contributed by atoms with Crippen LogP contribution in [0.5, 0.6) is 0 Å². The SMILES string of the molecule is O=C(CCC(F)(F)F)NCc1cccc(-c2nc(C(=O)O)cs2)c1. The number of carboxylic acids is 1. The Balaban J connectivity index is 1.97. The zero-order valence-electron chi connectivity index (χ0n) is 12.3. The Labute approximate surface area is 139 Å². The van der Waals surface area contributed by atoms with Crippen LogP contribution in [0.3, 0.4) is 0 Å². The summed E-state index contributed by atoms with van der Waals surface area (Å²) in [7, 11) is 0. The molecular weight excluding hydrogens is 345 g/mol. The van der Waals surface area contributed by atoms with Gasteiger partial charge in [-0.05, 0) is 11.6 Å². The topological polar surface area (TPSA) is 79.3 Å². The molecule has 0 spiro atoms. The summed E-state index contributed by atoms with van der Waals surface area (Å²) in [5, 5.41) is 13.2. The Morgan fingerprint density at radius 3 is 2.67 bits per heavy atom. The molecule has 0 aliphatic heterocycles. The minimum atomic E-state index is -4.36. The van der Waals surface area contributed by atoms with E-state index < -0.39 is 30.9 Å². The molecule has 1 aromatic heterocycles. The van der Waals surface area contributed by atoms with Crippen LogP contribution in [-0.4, -0.2) is 28.1 Å². The van der Waals surface area contributed by atoms with E-state index in [0.29, 0.717) is 16.1 Å². The van der Waals surface area contributed by atoms with Crippen LogP contribution in [0.15, 0.2) is 29.6 Å². The zero-order chi connectivity index (χ0) is 17.7. The van der Waals surface area contributed by atoms with Gasteiger partial charge in [0.1, 0.15) is 5.01 Å². The fourth-order valence-corrected chi connectivity index (χ4v) is 2.65. The first-order valence-electron chi connectivity index (χ1n) is 6.86. The van der Waals surface area contributed by atoms with Crippen LogP contribution in [0, 0.1) is 0 Å². The minimum Gasteiger partial charge on any atom is -0.476 e. The van der Waals surface area contributed by atoms with Crippen molar-refractivity contribution in [1.29, 1.82) is 0 Å². The number of nitrogens with one attached hydrogen (secondary N) is 1. The summed E-state index contributed by atoms with van der Waals surface area (Å²) in [6, 6.07) is 6.85. The molecule has 0 unspecified atom stereocenters. The van der Waals surface area contributed by atoms with E-state index in [4.69, 9.17) is 5.11 Å². The third-order valence-electron chi connectivity index (χ3n) is 3.02. The molecule has 0 aliphatic rings. The fraction of sp³-hybridized carbons (Fsp3) is 0.267. The molecule has 128 valence electrons. The highest BCUT2D eigenvalue weighted by Gasteiger charge is 2.27. The molecule has 1 heterocycles. The number of nitrogens with zero attached hydrogens (tertiary/aromatic N) is 1. The van der Waals surface area contributed by atoms with Crippen molar-refractivity contribution in [3.63, 3.8) is 0 Å². The third kappa shape index (κ3) is 5.34. The molecule has 0 fully saturated rings. The summed E-state index contributed by atoms with van der Waals surface area (Å²) in [6.45, 7) is 0.0850. The van der Waals surface area contributed by atoms with Crippen molar-refractivity contribution < 1.29 is 27.9 Å². The van der Waals surface area contributed by atoms with Crippen LogP contribution < -0.4 is 5.32 Å². The standard InChI is InChI=1S/C15H13F3N2O3S/c16-15(17,18)5-4-12(21)19-7-9-2-1-3-10(6-9)13-20-11(8-24-13)14(22)23/h1-3,6,8H,4-5,7H2,(H,19,21)(H,22,23). The van der Waals surface area contributed by atoms with Gasteiger partial charge in [-0.2, -0.15) is 13.2 Å². The van der Waals surface area contributed by atoms with Crippen molar-refractivity contribution >= 4 is 23.2 Å². The maximum atomic E-state index is 12.1. The predicted molar refractivity (Wildman–Crippen MR) is 81.6 cm³/mol. The normalized spacial score (nSPS) is 11.3. The molecule has 9 heteroatoms. The second kappa shape index (κ2) is 7.43. The van der Waals surface area contributed by atoms with Gasteiger partial charge in [0.05, 0.1) is 6.42 Å². The average Bonchev–Trinajstić information content (AvgIpc) is 3.01. The Kier molecular flexibility index (Phi) is 5.55. The van der Waals surface area contributed by atoms with Crippen LogP contribution >= 0.6 is 11.3 Å². The van der Waals surface area contributed by atoms with E-state index in [1.165, 1.54) is 16.7 Å². The van der Waals surface area contributed by atoms with E-state index in [9.17, 15) is 22.8 Å². The Morgan fingerprint density at radius 1 is 1.29 bits per heavy atom. The number of aromatic carboxylic acids is 1. The van der Waals surface area contributed by atoms with Gasteiger partial charge in [0, 0.05) is 23.9 Å². The second-order valence-corrected chi connectivity index (χ2v) is 5.79. The lowest BCUT2D eigenvalue weighted by atomic mass is 10.1. The van der Waals surface area contributed by atoms with E-state index in [1.54, 1.807) is 24.3 Å². The molecule has 24 heavy (non-hydrogen) atoms. The molecule has 1 aromatic carbocycles. The summed E-state index contributed by atoms with van der Waals surface area (Å²) in [6.07, 6.45) is -6.13. The Hall–Kier alpha value is -2.42. The number of aromatic nitrogens is 1. The number of amides is 1. The summed E-state index contributed by atoms with van der Waals surface area (Å²) >= 11 is 1.17. The molecule has 2 rings (SSSR count). The number of carboxylic acid groups (broad SMARTS) is 1. The maximum Gasteiger partial charge on any atom is 0.389 e. The molecule has 0 radical (unpaired) electrons. The highest BCUT2D eigenvalue weighted by molar-refractivity contribution is 7.13. The third-order valence-corrected chi connectivity index (χ3v) is 3.91. The summed E-state index contributed by atoms with van der Waals surface area (Å²) < 4.78 is 36.2. The van der Waals surface area contributed by atoms with Crippen LogP contribution in [0.2, 0.25) is 0 Å². The van der Waals surface area contributed by atoms with Gasteiger partial charge in [-0.25, -0.2) is 9.78 Å². The summed E-state index contributed by atoms with van der Waals surface area (Å²) in [5.74, 6) is -1.80. The molecule has 0 saturated heterocycles. The minimum absolute atomic E-state index is 0.0548. The summed E-state index contributed by atoms with van der Waals surface area (Å²) in [4.78, 5) is 26.2. The first-order chi connectivity index (χ1) is 11.2. The van der Waals surface area contributed by atoms with Gasteiger partial charge in [-0.1, -0.05) is 18.2 Å². The van der Waals surface area contributed by atoms with Crippen molar-refractivity contribution in [1.82, 2.24) is 10.3 Å². The number of rotatable bonds is 6. The highest BCUT2D eigenvalue weighted by Crippen LogP contribution is 2.25. The molecule has 2 N–H and O–H groups in total. The van der Waals surface area contributed by atoms with E-state index >= 15 is 0 Å². The fourth-order valence-electron chi connectivity index (χ4n) is 1.86. The van der Waals surface area contributed by atoms with E-state index in [2.05, 4.69) is 10.3 Å². The van der Waals surface area contributed by atoms with Crippen LogP contribution in [0.25, 0.3) is 10.6 Å². The first-order valence-corrected chi connectivity index (χ1v) is 7.74. The molecule has 0 aliphatic carbocycles. The van der Waals surface area contributed by atoms with E-state index in [-0.39, 0.29) is 12.2 Å². The molecule has 2 aromatic rings. The maximum absolute atomic E-state index is 12.1. The molecule has 0 saturated carbocycles. The van der Waals surface area contributed by atoms with Gasteiger partial charge in [0.25, 0.3) is 0 Å². The van der Waals surface area contributed by atoms with Crippen molar-refractivity contribution in [3.05, 3.63) is 40.9 Å². The number of halogens is 3. The van der Waals surface area contributed by atoms with Crippen LogP contribution in [-0.2, 0) is 11.3 Å². The number of thiazole rings is 1. The lowest BCUT2D eigenvalue weighted by molar-refractivity contribution is -0.144. The van der Waals surface area contributed by atoms with Gasteiger partial charge in [0.15, 0.2) is 5.69 Å². The quantitative estimate of drug-likeness (QED) is 0.829. The van der Waals surface area contributed by atoms with Crippen molar-refractivity contribution in [2.45, 2.75) is 25.6 Å². The highest BCUT2D eigenvalue weighted by atomic mass is 32.1. The zero-order valence-corrected chi connectivity index (χ0v) is 13.1. The molecule has 0 bridgehead atoms. The largest absolute Gasteiger partial charge is 0.476 e. The number of carbonyl (C=O) groups is 2. The van der Waals surface area contributed by atoms with E-state index in [0.717, 1.165) is 0 Å². The monoisotopic (exact) mass is 358 g/mol. The van der Waals surface area contributed by atoms with Crippen LogP contribution in [0.1, 0.15) is 28.9 Å². The molecular formula is C15H13F3N2O3S. The Bertz CT molecular complexity index is 744. The van der Waals surface area contributed by atoms with Gasteiger partial charge in [0.2, 0.25) is 5.91 Å². The molecule has 0 atom stereocenters. The number of alkyl halides is 3. The summed E-state index contributed by atoms with van der Waals surface area (Å²) in [5.41, 5.74) is 1.30. The van der Waals surface area contributed by atoms with Crippen molar-refractivity contribution in [2.75, 3.05) is 0 Å². The van der Waals surface area contributed by atoms with Gasteiger partial charge >= 0.3 is 12.1 Å². The molecule has 1 amide bonds. The number of hydrogen-bond acceptors (Lipinski definition) is 4. The predicted octanol–water partition coefficient (Wildman–Crippen LogP) is 3.47. The molecule has 5 nitrogen and oxygen atoms in total. The first kappa shape index (κ1) is 17.9. The lowest BCUT2D eigenvalue weighted by Crippen LogP contribution is -2.24. The average molecular weight is 358 g/mol. The Morgan fingerprint density at radius 2 is 2.04 bits per heavy atom. The smallest absolute Gasteiger partial charge is 0.389 e.